The van der Waals surface area contributed by atoms with Crippen LogP contribution in [0.2, 0.25) is 0 Å². The first kappa shape index (κ1) is 18.9. The molecule has 0 aliphatic rings. The second-order valence-corrected chi connectivity index (χ2v) is 0.557. The minimum atomic E-state index is -2.25. The van der Waals surface area contributed by atoms with Crippen LogP contribution in [0.4, 0.5) is 0 Å². The second kappa shape index (κ2) is 29.7. The Morgan fingerprint density at radius 3 is 1.00 bits per heavy atom. The fourth-order valence-corrected chi connectivity index (χ4v) is 0. The maximum atomic E-state index is 8.54. The third kappa shape index (κ3) is 473. The van der Waals surface area contributed by atoms with E-state index in [4.69, 9.17) is 6.80 Å². The summed E-state index contributed by atoms with van der Waals surface area (Å²) in [6, 6.07) is 0. The average molecular weight is 252 g/mol. The molecule has 0 rings (SSSR count). The summed E-state index contributed by atoms with van der Waals surface area (Å²) in [7, 11) is 0. The van der Waals surface area contributed by atoms with E-state index in [0.29, 0.717) is 0 Å². The van der Waals surface area contributed by atoms with Crippen molar-refractivity contribution in [2.45, 2.75) is 0 Å². The Labute approximate surface area is 36.9 Å². The van der Waals surface area contributed by atoms with E-state index < -0.39 is 18.5 Å². The third-order valence-electron chi connectivity index (χ3n) is 0. The van der Waals surface area contributed by atoms with Crippen molar-refractivity contribution in [2.75, 3.05) is 0 Å². The molecular weight excluding hydrogens is 248 g/mol. The Morgan fingerprint density at radius 1 is 1.00 bits per heavy atom. The fraction of sp³-hybridized carbons (Fsp3) is 0. The van der Waals surface area contributed by atoms with Crippen LogP contribution in [0.3, 0.4) is 0 Å². The molecule has 0 aliphatic heterocycles. The van der Waals surface area contributed by atoms with Gasteiger partial charge in [-0.15, -0.1) is 0 Å². The summed E-state index contributed by atoms with van der Waals surface area (Å²) in [6.45, 7) is 0. The minimum absolute atomic E-state index is 0. The predicted molar refractivity (Wildman–Crippen MR) is 8.60 cm³/mol. The molecule has 0 atom stereocenters. The Kier molecular flexibility index (Phi) is 112. The monoisotopic (exact) mass is 252 g/mol. The van der Waals surface area contributed by atoms with Crippen LogP contribution < -0.4 is 0 Å². The average Bonchev–Trinajstić information content (AvgIpc) is 0.918. The fourth-order valence-electron chi connectivity index (χ4n) is 0. The van der Waals surface area contributed by atoms with Crippen molar-refractivity contribution < 1.29 is 36.2 Å². The molecule has 5 heavy (non-hydrogen) atoms. The molecular formula is H4O4W. The van der Waals surface area contributed by atoms with Crippen molar-refractivity contribution in [2.24, 2.45) is 0 Å². The van der Waals surface area contributed by atoms with Gasteiger partial charge in [-0.25, -0.2) is 0 Å². The number of hydrogen-bond donors (Lipinski definition) is 0. The molecule has 0 heterocycles. The van der Waals surface area contributed by atoms with Gasteiger partial charge in [0.25, 0.3) is 0 Å². The molecule has 0 bridgehead atoms. The molecule has 0 saturated carbocycles. The van der Waals surface area contributed by atoms with Gasteiger partial charge < -0.3 is 11.0 Å². The summed E-state index contributed by atoms with van der Waals surface area (Å²) < 4.78 is 17.1. The molecule has 0 aromatic rings. The Bertz CT molecular complexity index is 24.6. The van der Waals surface area contributed by atoms with Crippen LogP contribution in [-0.4, -0.2) is 11.0 Å². The van der Waals surface area contributed by atoms with E-state index in [-0.39, 0.29) is 11.0 Å². The van der Waals surface area contributed by atoms with Crippen molar-refractivity contribution >= 4 is 0 Å². The Balaban J connectivity index is -0.0000000200. The second-order valence-electron chi connectivity index (χ2n) is 0.0680. The molecule has 0 radical (unpaired) electrons. The van der Waals surface area contributed by atoms with Crippen LogP contribution in [0, 0.1) is 0 Å². The molecule has 0 aromatic heterocycles. The predicted octanol–water partition coefficient (Wildman–Crippen LogP) is -1.89. The van der Waals surface area contributed by atoms with Crippen LogP contribution in [0.5, 0.6) is 0 Å². The van der Waals surface area contributed by atoms with Gasteiger partial charge in [-0.2, -0.15) is 0 Å². The van der Waals surface area contributed by atoms with Gasteiger partial charge in [0.05, 0.1) is 0 Å². The van der Waals surface area contributed by atoms with Crippen LogP contribution in [0.15, 0.2) is 0 Å². The van der Waals surface area contributed by atoms with E-state index in [1.165, 1.54) is 0 Å². The van der Waals surface area contributed by atoms with Crippen molar-refractivity contribution in [3.63, 3.8) is 0 Å². The van der Waals surface area contributed by atoms with Crippen molar-refractivity contribution in [1.82, 2.24) is 0 Å². The van der Waals surface area contributed by atoms with Gasteiger partial charge in [-0.1, -0.05) is 0 Å². The molecule has 0 aromatic carbocycles. The third-order valence-corrected chi connectivity index (χ3v) is 0. The zero-order valence-corrected chi connectivity index (χ0v) is 5.16. The summed E-state index contributed by atoms with van der Waals surface area (Å²) in [5.74, 6) is 0. The summed E-state index contributed by atoms with van der Waals surface area (Å²) in [5, 5.41) is 0. The molecule has 34 valence electrons. The molecule has 0 spiro atoms. The van der Waals surface area contributed by atoms with E-state index in [9.17, 15) is 0 Å². The Morgan fingerprint density at radius 2 is 1.00 bits per heavy atom. The van der Waals surface area contributed by atoms with Crippen molar-refractivity contribution in [3.8, 4) is 0 Å². The first-order valence-corrected chi connectivity index (χ1v) is 2.73. The summed E-state index contributed by atoms with van der Waals surface area (Å²) in [6.07, 6.45) is 0. The van der Waals surface area contributed by atoms with E-state index in [0.717, 1.165) is 0 Å². The number of hydrogen-bond acceptors (Lipinski definition) is 2. The van der Waals surface area contributed by atoms with Crippen LogP contribution in [0.25, 0.3) is 0 Å². The topological polar surface area (TPSA) is 97.1 Å². The first-order valence-electron chi connectivity index (χ1n) is 0.333. The summed E-state index contributed by atoms with van der Waals surface area (Å²) in [5.41, 5.74) is 0. The van der Waals surface area contributed by atoms with Crippen LogP contribution in [0.1, 0.15) is 0 Å². The quantitative estimate of drug-likeness (QED) is 0.503. The summed E-state index contributed by atoms with van der Waals surface area (Å²) in [4.78, 5) is 0. The zero-order chi connectivity index (χ0) is 2.71. The first-order chi connectivity index (χ1) is 1.41. The molecule has 5 heteroatoms. The van der Waals surface area contributed by atoms with Gasteiger partial charge in [-0.05, 0) is 0 Å². The van der Waals surface area contributed by atoms with Gasteiger partial charge in [0.2, 0.25) is 0 Å². The SMILES string of the molecule is O.O.[O]=[W]=[O]. The Hall–Kier alpha value is 0.208. The van der Waals surface area contributed by atoms with E-state index in [1.54, 1.807) is 0 Å². The normalized spacial score (nSPS) is 2.40. The molecule has 0 unspecified atom stereocenters. The molecule has 0 aliphatic carbocycles. The molecule has 0 saturated heterocycles. The van der Waals surface area contributed by atoms with Gasteiger partial charge in [0.1, 0.15) is 0 Å². The van der Waals surface area contributed by atoms with Crippen molar-refractivity contribution in [3.05, 3.63) is 0 Å². The summed E-state index contributed by atoms with van der Waals surface area (Å²) >= 11 is -2.25. The van der Waals surface area contributed by atoms with Gasteiger partial charge in [-0.3, -0.25) is 0 Å². The van der Waals surface area contributed by atoms with Crippen LogP contribution >= 0.6 is 0 Å². The molecule has 4 nitrogen and oxygen atoms in total. The molecule has 4 N–H and O–H groups in total. The molecule has 0 fully saturated rings. The van der Waals surface area contributed by atoms with E-state index >= 15 is 0 Å². The zero-order valence-electron chi connectivity index (χ0n) is 2.22. The van der Waals surface area contributed by atoms with Crippen molar-refractivity contribution in [1.29, 1.82) is 0 Å². The standard InChI is InChI=1S/2H2O.2O.W/h2*1H2;;;. The number of rotatable bonds is 0. The van der Waals surface area contributed by atoms with Gasteiger partial charge in [0, 0.05) is 0 Å². The molecule has 0 amide bonds. The van der Waals surface area contributed by atoms with E-state index in [1.807, 2.05) is 0 Å². The van der Waals surface area contributed by atoms with E-state index in [2.05, 4.69) is 0 Å². The van der Waals surface area contributed by atoms with Crippen LogP contribution in [-0.2, 0) is 25.3 Å². The maximum absolute atomic E-state index is 8.54. The van der Waals surface area contributed by atoms with Gasteiger partial charge >= 0.3 is 25.3 Å². The van der Waals surface area contributed by atoms with Gasteiger partial charge in [0.15, 0.2) is 0 Å².